The standard InChI is InChI=1S/C18H27ClFNO2.C17H24ClFN2O2/c1-22-12-4-3-10-18(23-2,14-7-6-11-21-13-14)15-8-5-9-16(19)17(15)20;1-12(22)21-7-3-5-17(23,13-4-2-6-20-11-13)14-8-15(18)10-16(19)9-14/h5,8-9,14,21H,3-4,6-7,10-13H2,1-2H3;8-10,13,20,23H,2-7,11H2,1H3,(H,21,22)/t14-,18+;13-,17+/m11/s1. The Balaban J connectivity index is 0.000000250. The Labute approximate surface area is 283 Å². The van der Waals surface area contributed by atoms with Crippen LogP contribution in [0.5, 0.6) is 0 Å². The number of carbonyl (C=O) groups is 1. The maximum absolute atomic E-state index is 14.8. The van der Waals surface area contributed by atoms with Crippen LogP contribution in [0.1, 0.15) is 75.8 Å². The molecule has 7 nitrogen and oxygen atoms in total. The Morgan fingerprint density at radius 1 is 1.00 bits per heavy atom. The van der Waals surface area contributed by atoms with Crippen molar-refractivity contribution in [2.45, 2.75) is 75.9 Å². The molecule has 46 heavy (non-hydrogen) atoms. The average molecular weight is 687 g/mol. The van der Waals surface area contributed by atoms with E-state index in [0.29, 0.717) is 43.7 Å². The molecule has 0 saturated carbocycles. The third-order valence-corrected chi connectivity index (χ3v) is 9.83. The van der Waals surface area contributed by atoms with Crippen LogP contribution in [0.2, 0.25) is 10.0 Å². The zero-order chi connectivity index (χ0) is 33.6. The molecule has 2 aromatic carbocycles. The van der Waals surface area contributed by atoms with E-state index in [1.807, 2.05) is 6.07 Å². The molecule has 2 fully saturated rings. The van der Waals surface area contributed by atoms with Crippen LogP contribution >= 0.6 is 23.2 Å². The van der Waals surface area contributed by atoms with Crippen molar-refractivity contribution in [2.75, 3.05) is 53.6 Å². The maximum Gasteiger partial charge on any atom is 0.216 e. The summed E-state index contributed by atoms with van der Waals surface area (Å²) in [6.45, 7) is 6.13. The zero-order valence-electron chi connectivity index (χ0n) is 27.4. The van der Waals surface area contributed by atoms with Gasteiger partial charge in [-0.1, -0.05) is 35.3 Å². The first-order chi connectivity index (χ1) is 22.1. The molecule has 0 aliphatic carbocycles. The lowest BCUT2D eigenvalue weighted by molar-refractivity contribution is -0.119. The molecule has 4 N–H and O–H groups in total. The third kappa shape index (κ3) is 10.6. The number of halogens is 4. The second-order valence-electron chi connectivity index (χ2n) is 12.4. The molecule has 4 atom stereocenters. The summed E-state index contributed by atoms with van der Waals surface area (Å²) in [6, 6.07) is 9.44. The minimum absolute atomic E-state index is 0.00792. The van der Waals surface area contributed by atoms with Crippen molar-refractivity contribution in [1.29, 1.82) is 0 Å². The molecule has 2 aliphatic heterocycles. The molecule has 2 heterocycles. The molecule has 0 spiro atoms. The normalized spacial score (nSPS) is 21.0. The summed E-state index contributed by atoms with van der Waals surface area (Å²) >= 11 is 12.0. The Morgan fingerprint density at radius 3 is 2.28 bits per heavy atom. The van der Waals surface area contributed by atoms with Crippen LogP contribution in [-0.4, -0.2) is 64.6 Å². The van der Waals surface area contributed by atoms with Crippen molar-refractivity contribution in [3.63, 3.8) is 0 Å². The van der Waals surface area contributed by atoms with Gasteiger partial charge in [-0.2, -0.15) is 0 Å². The van der Waals surface area contributed by atoms with E-state index in [1.54, 1.807) is 32.4 Å². The van der Waals surface area contributed by atoms with Crippen molar-refractivity contribution in [3.8, 4) is 0 Å². The van der Waals surface area contributed by atoms with Gasteiger partial charge < -0.3 is 30.5 Å². The van der Waals surface area contributed by atoms with Gasteiger partial charge in [0.05, 0.1) is 16.2 Å². The van der Waals surface area contributed by atoms with Crippen molar-refractivity contribution >= 4 is 29.1 Å². The minimum Gasteiger partial charge on any atom is -0.385 e. The van der Waals surface area contributed by atoms with Crippen molar-refractivity contribution in [2.24, 2.45) is 11.8 Å². The number of rotatable bonds is 14. The highest BCUT2D eigenvalue weighted by Gasteiger charge is 2.43. The number of benzene rings is 2. The van der Waals surface area contributed by atoms with Crippen molar-refractivity contribution < 1.29 is 28.2 Å². The molecule has 4 rings (SSSR count). The summed E-state index contributed by atoms with van der Waals surface area (Å²) in [5.41, 5.74) is -0.703. The van der Waals surface area contributed by atoms with E-state index in [2.05, 4.69) is 16.0 Å². The van der Waals surface area contributed by atoms with E-state index < -0.39 is 17.0 Å². The van der Waals surface area contributed by atoms with Gasteiger partial charge >= 0.3 is 0 Å². The quantitative estimate of drug-likeness (QED) is 0.165. The molecule has 0 unspecified atom stereocenters. The van der Waals surface area contributed by atoms with Crippen LogP contribution in [0.15, 0.2) is 36.4 Å². The fourth-order valence-electron chi connectivity index (χ4n) is 6.92. The fourth-order valence-corrected chi connectivity index (χ4v) is 7.32. The molecule has 0 bridgehead atoms. The minimum atomic E-state index is -1.16. The number of piperidine rings is 2. The summed E-state index contributed by atoms with van der Waals surface area (Å²) < 4.78 is 39.6. The number of aliphatic hydroxyl groups is 1. The number of hydrogen-bond donors (Lipinski definition) is 4. The smallest absolute Gasteiger partial charge is 0.216 e. The molecule has 0 aromatic heterocycles. The Bertz CT molecular complexity index is 1210. The second-order valence-corrected chi connectivity index (χ2v) is 13.2. The first-order valence-corrected chi connectivity index (χ1v) is 17.2. The topological polar surface area (TPSA) is 91.9 Å². The maximum atomic E-state index is 14.8. The first-order valence-electron chi connectivity index (χ1n) is 16.4. The lowest BCUT2D eigenvalue weighted by Gasteiger charge is -2.42. The van der Waals surface area contributed by atoms with Gasteiger partial charge in [-0.25, -0.2) is 8.78 Å². The van der Waals surface area contributed by atoms with Crippen LogP contribution in [0.3, 0.4) is 0 Å². The highest BCUT2D eigenvalue weighted by atomic mass is 35.5. The van der Waals surface area contributed by atoms with Gasteiger partial charge in [-0.3, -0.25) is 4.79 Å². The molecule has 2 saturated heterocycles. The SMILES string of the molecule is CC(=O)NCCC[C@@](O)(c1cc(F)cc(Cl)c1)[C@@H]1CCCNC1.COCCCC[C@@](OC)(c1cccc(Cl)c1F)[C@@H]1CCCNC1. The average Bonchev–Trinajstić information content (AvgIpc) is 3.05. The summed E-state index contributed by atoms with van der Waals surface area (Å²) in [5.74, 6) is -0.672. The lowest BCUT2D eigenvalue weighted by atomic mass is 9.74. The predicted molar refractivity (Wildman–Crippen MR) is 180 cm³/mol. The largest absolute Gasteiger partial charge is 0.385 e. The molecule has 2 aliphatic rings. The fraction of sp³-hybridized carbons (Fsp3) is 0.629. The van der Waals surface area contributed by atoms with E-state index >= 15 is 0 Å². The molecular weight excluding hydrogens is 635 g/mol. The highest BCUT2D eigenvalue weighted by molar-refractivity contribution is 6.31. The van der Waals surface area contributed by atoms with Crippen LogP contribution in [0.4, 0.5) is 8.78 Å². The van der Waals surface area contributed by atoms with Gasteiger partial charge in [0.2, 0.25) is 5.91 Å². The van der Waals surface area contributed by atoms with E-state index in [1.165, 1.54) is 19.1 Å². The number of ether oxygens (including phenoxy) is 2. The number of amides is 1. The molecule has 11 heteroatoms. The van der Waals surface area contributed by atoms with Gasteiger partial charge in [0.25, 0.3) is 0 Å². The number of carbonyl (C=O) groups excluding carboxylic acids is 1. The molecule has 1 amide bonds. The zero-order valence-corrected chi connectivity index (χ0v) is 28.9. The monoisotopic (exact) mass is 685 g/mol. The van der Waals surface area contributed by atoms with E-state index in [0.717, 1.165) is 64.6 Å². The van der Waals surface area contributed by atoms with Crippen molar-refractivity contribution in [3.05, 3.63) is 69.2 Å². The van der Waals surface area contributed by atoms with Crippen LogP contribution in [0.25, 0.3) is 0 Å². The summed E-state index contributed by atoms with van der Waals surface area (Å²) in [6.07, 6.45) is 7.62. The Hall–Kier alpha value is -1.85. The van der Waals surface area contributed by atoms with Crippen LogP contribution in [0, 0.1) is 23.5 Å². The number of methoxy groups -OCH3 is 2. The predicted octanol–water partition coefficient (Wildman–Crippen LogP) is 6.72. The van der Waals surface area contributed by atoms with Gasteiger partial charge in [0, 0.05) is 69.8 Å². The van der Waals surface area contributed by atoms with Crippen molar-refractivity contribution in [1.82, 2.24) is 16.0 Å². The van der Waals surface area contributed by atoms with Gasteiger partial charge in [-0.15, -0.1) is 0 Å². The number of nitrogens with one attached hydrogen (secondary N) is 3. The summed E-state index contributed by atoms with van der Waals surface area (Å²) in [5, 5.41) is 21.2. The lowest BCUT2D eigenvalue weighted by Crippen LogP contribution is -2.46. The molecule has 2 aromatic rings. The van der Waals surface area contributed by atoms with E-state index in [4.69, 9.17) is 32.7 Å². The Kier molecular flexibility index (Phi) is 16.1. The highest BCUT2D eigenvalue weighted by Crippen LogP contribution is 2.43. The first kappa shape index (κ1) is 38.6. The molecule has 258 valence electrons. The van der Waals surface area contributed by atoms with Gasteiger partial charge in [0.15, 0.2) is 0 Å². The Morgan fingerprint density at radius 2 is 1.70 bits per heavy atom. The van der Waals surface area contributed by atoms with Gasteiger partial charge in [-0.05, 0) is 101 Å². The van der Waals surface area contributed by atoms with E-state index in [9.17, 15) is 18.7 Å². The number of unbranched alkanes of at least 4 members (excludes halogenated alkanes) is 1. The second kappa shape index (κ2) is 19.2. The molecule has 0 radical (unpaired) electrons. The number of hydrogen-bond acceptors (Lipinski definition) is 6. The summed E-state index contributed by atoms with van der Waals surface area (Å²) in [7, 11) is 3.39. The third-order valence-electron chi connectivity index (χ3n) is 9.32. The van der Waals surface area contributed by atoms with E-state index in [-0.39, 0.29) is 33.6 Å². The summed E-state index contributed by atoms with van der Waals surface area (Å²) in [4.78, 5) is 11.0. The van der Waals surface area contributed by atoms with Crippen LogP contribution < -0.4 is 16.0 Å². The van der Waals surface area contributed by atoms with Gasteiger partial charge in [0.1, 0.15) is 11.6 Å². The molecular formula is C35H51Cl2F2N3O4. The van der Waals surface area contributed by atoms with Crippen LogP contribution in [-0.2, 0) is 25.5 Å².